The first-order valence-electron chi connectivity index (χ1n) is 10.5. The summed E-state index contributed by atoms with van der Waals surface area (Å²) in [6.07, 6.45) is 0. The molecule has 0 saturated carbocycles. The maximum absolute atomic E-state index is 12.1. The van der Waals surface area contributed by atoms with Crippen LogP contribution in [-0.2, 0) is 16.1 Å². The van der Waals surface area contributed by atoms with Gasteiger partial charge in [-0.1, -0.05) is 12.1 Å². The van der Waals surface area contributed by atoms with Gasteiger partial charge in [-0.15, -0.1) is 24.0 Å². The van der Waals surface area contributed by atoms with Crippen LogP contribution in [0.2, 0.25) is 0 Å². The minimum Gasteiger partial charge on any atom is -0.497 e. The van der Waals surface area contributed by atoms with Crippen molar-refractivity contribution in [1.29, 1.82) is 0 Å². The van der Waals surface area contributed by atoms with Crippen molar-refractivity contribution in [3.63, 3.8) is 0 Å². The third-order valence-corrected chi connectivity index (χ3v) is 5.42. The standard InChI is InChI=1S/C22H37N5O3.HI/c1-17-15-26(16-18(2)27(17)11-12-29-5)22(24-14-21(28)25(3)4)23-13-19-7-9-20(30-6)10-8-19;/h7-10,17-18H,11-16H2,1-6H3,(H,23,24);1H. The number of aliphatic imine (C=N–C) groups is 1. The van der Waals surface area contributed by atoms with Gasteiger partial charge in [-0.3, -0.25) is 9.69 Å². The molecule has 0 aliphatic carbocycles. The van der Waals surface area contributed by atoms with E-state index in [2.05, 4.69) is 29.0 Å². The number of rotatable bonds is 8. The van der Waals surface area contributed by atoms with Crippen molar-refractivity contribution >= 4 is 35.8 Å². The highest BCUT2D eigenvalue weighted by atomic mass is 127. The molecule has 1 saturated heterocycles. The average Bonchev–Trinajstić information content (AvgIpc) is 2.73. The van der Waals surface area contributed by atoms with Gasteiger partial charge in [0.05, 0.1) is 26.8 Å². The molecule has 2 unspecified atom stereocenters. The van der Waals surface area contributed by atoms with Crippen LogP contribution in [0.1, 0.15) is 19.4 Å². The molecule has 1 fully saturated rings. The highest BCUT2D eigenvalue weighted by Crippen LogP contribution is 2.16. The van der Waals surface area contributed by atoms with E-state index in [1.54, 1.807) is 33.2 Å². The first-order valence-corrected chi connectivity index (χ1v) is 10.5. The largest absolute Gasteiger partial charge is 0.497 e. The van der Waals surface area contributed by atoms with Gasteiger partial charge in [-0.2, -0.15) is 0 Å². The Morgan fingerprint density at radius 1 is 1.16 bits per heavy atom. The number of benzene rings is 1. The third kappa shape index (κ3) is 8.46. The zero-order valence-corrected chi connectivity index (χ0v) is 22.0. The fourth-order valence-electron chi connectivity index (χ4n) is 3.64. The first kappa shape index (κ1) is 27.4. The Labute approximate surface area is 204 Å². The molecule has 1 aliphatic heterocycles. The zero-order valence-electron chi connectivity index (χ0n) is 19.6. The Kier molecular flexibility index (Phi) is 12.2. The minimum atomic E-state index is 0. The van der Waals surface area contributed by atoms with Crippen LogP contribution in [0.5, 0.6) is 5.75 Å². The van der Waals surface area contributed by atoms with Gasteiger partial charge in [0.1, 0.15) is 5.75 Å². The number of carbonyl (C=O) groups excluding carboxylic acids is 1. The summed E-state index contributed by atoms with van der Waals surface area (Å²) in [6, 6.07) is 8.62. The number of methoxy groups -OCH3 is 2. The Balaban J connectivity index is 0.00000480. The van der Waals surface area contributed by atoms with Gasteiger partial charge in [0, 0.05) is 52.9 Å². The van der Waals surface area contributed by atoms with Crippen LogP contribution in [-0.4, -0.2) is 99.8 Å². The average molecular weight is 547 g/mol. The smallest absolute Gasteiger partial charge is 0.241 e. The zero-order chi connectivity index (χ0) is 22.1. The van der Waals surface area contributed by atoms with Crippen molar-refractivity contribution in [2.45, 2.75) is 32.5 Å². The molecule has 1 aromatic carbocycles. The van der Waals surface area contributed by atoms with Gasteiger partial charge in [0.15, 0.2) is 5.96 Å². The Bertz CT molecular complexity index is 687. The Morgan fingerprint density at radius 2 is 1.77 bits per heavy atom. The van der Waals surface area contributed by atoms with Crippen molar-refractivity contribution in [2.75, 3.05) is 61.1 Å². The highest BCUT2D eigenvalue weighted by molar-refractivity contribution is 14.0. The molecule has 9 heteroatoms. The van der Waals surface area contributed by atoms with E-state index in [1.165, 1.54) is 0 Å². The lowest BCUT2D eigenvalue weighted by molar-refractivity contribution is -0.127. The summed E-state index contributed by atoms with van der Waals surface area (Å²) in [5.41, 5.74) is 1.09. The van der Waals surface area contributed by atoms with Gasteiger partial charge >= 0.3 is 0 Å². The van der Waals surface area contributed by atoms with Crippen molar-refractivity contribution in [2.24, 2.45) is 4.99 Å². The molecule has 0 spiro atoms. The fourth-order valence-corrected chi connectivity index (χ4v) is 3.64. The quantitative estimate of drug-likeness (QED) is 0.305. The van der Waals surface area contributed by atoms with Gasteiger partial charge < -0.3 is 24.6 Å². The molecule has 1 heterocycles. The monoisotopic (exact) mass is 547 g/mol. The van der Waals surface area contributed by atoms with Crippen molar-refractivity contribution in [3.05, 3.63) is 29.8 Å². The molecule has 0 radical (unpaired) electrons. The number of likely N-dealkylation sites (N-methyl/N-ethyl adjacent to an activating group) is 1. The number of nitrogens with zero attached hydrogens (tertiary/aromatic N) is 4. The van der Waals surface area contributed by atoms with Gasteiger partial charge in [0.2, 0.25) is 5.91 Å². The van der Waals surface area contributed by atoms with E-state index < -0.39 is 0 Å². The summed E-state index contributed by atoms with van der Waals surface area (Å²) in [6.45, 7) is 8.54. The second kappa shape index (κ2) is 13.7. The maximum Gasteiger partial charge on any atom is 0.241 e. The van der Waals surface area contributed by atoms with E-state index in [1.807, 2.05) is 24.3 Å². The summed E-state index contributed by atoms with van der Waals surface area (Å²) < 4.78 is 10.5. The molecule has 176 valence electrons. The SMILES string of the molecule is COCCN1C(C)CN(C(=NCc2ccc(OC)cc2)NCC(=O)N(C)C)CC1C.I. The van der Waals surface area contributed by atoms with Crippen molar-refractivity contribution < 1.29 is 14.3 Å². The van der Waals surface area contributed by atoms with E-state index in [0.29, 0.717) is 18.6 Å². The maximum atomic E-state index is 12.1. The van der Waals surface area contributed by atoms with E-state index >= 15 is 0 Å². The molecule has 1 amide bonds. The van der Waals surface area contributed by atoms with Crippen LogP contribution in [0.25, 0.3) is 0 Å². The van der Waals surface area contributed by atoms with Crippen LogP contribution in [0.3, 0.4) is 0 Å². The number of hydrogen-bond donors (Lipinski definition) is 1. The molecule has 0 bridgehead atoms. The number of halogens is 1. The molecule has 1 N–H and O–H groups in total. The van der Waals surface area contributed by atoms with Crippen molar-refractivity contribution in [1.82, 2.24) is 20.0 Å². The summed E-state index contributed by atoms with van der Waals surface area (Å²) in [4.78, 5) is 23.3. The molecule has 2 rings (SSSR count). The van der Waals surface area contributed by atoms with E-state index in [4.69, 9.17) is 14.5 Å². The summed E-state index contributed by atoms with van der Waals surface area (Å²) in [7, 11) is 6.92. The van der Waals surface area contributed by atoms with Gasteiger partial charge in [0.25, 0.3) is 0 Å². The molecule has 8 nitrogen and oxygen atoms in total. The van der Waals surface area contributed by atoms with Crippen molar-refractivity contribution in [3.8, 4) is 5.75 Å². The lowest BCUT2D eigenvalue weighted by Gasteiger charge is -2.45. The molecule has 0 aromatic heterocycles. The highest BCUT2D eigenvalue weighted by Gasteiger charge is 2.30. The van der Waals surface area contributed by atoms with Crippen LogP contribution >= 0.6 is 24.0 Å². The van der Waals surface area contributed by atoms with Crippen LogP contribution in [0.15, 0.2) is 29.3 Å². The van der Waals surface area contributed by atoms with E-state index in [0.717, 1.165) is 43.5 Å². The Hall–Kier alpha value is -1.59. The lowest BCUT2D eigenvalue weighted by atomic mass is 10.1. The number of guanidine groups is 1. The van der Waals surface area contributed by atoms with E-state index in [-0.39, 0.29) is 36.4 Å². The minimum absolute atomic E-state index is 0. The third-order valence-electron chi connectivity index (χ3n) is 5.42. The van der Waals surface area contributed by atoms with Crippen LogP contribution in [0, 0.1) is 0 Å². The summed E-state index contributed by atoms with van der Waals surface area (Å²) in [5, 5.41) is 3.28. The normalized spacial score (nSPS) is 19.5. The molecular weight excluding hydrogens is 509 g/mol. The summed E-state index contributed by atoms with van der Waals surface area (Å²) in [5.74, 6) is 1.62. The second-order valence-corrected chi connectivity index (χ2v) is 7.96. The lowest BCUT2D eigenvalue weighted by Crippen LogP contribution is -2.61. The molecule has 1 aliphatic rings. The molecule has 2 atom stereocenters. The van der Waals surface area contributed by atoms with Gasteiger partial charge in [-0.25, -0.2) is 4.99 Å². The number of carbonyl (C=O) groups is 1. The summed E-state index contributed by atoms with van der Waals surface area (Å²) >= 11 is 0. The number of nitrogens with one attached hydrogen (secondary N) is 1. The fraction of sp³-hybridized carbons (Fsp3) is 0.636. The molecule has 31 heavy (non-hydrogen) atoms. The van der Waals surface area contributed by atoms with Gasteiger partial charge in [-0.05, 0) is 31.5 Å². The predicted octanol–water partition coefficient (Wildman–Crippen LogP) is 1.89. The first-order chi connectivity index (χ1) is 14.3. The van der Waals surface area contributed by atoms with Crippen LogP contribution < -0.4 is 10.1 Å². The number of amides is 1. The number of piperazine rings is 1. The predicted molar refractivity (Wildman–Crippen MR) is 135 cm³/mol. The second-order valence-electron chi connectivity index (χ2n) is 7.96. The topological polar surface area (TPSA) is 69.6 Å². The molecule has 1 aromatic rings. The Morgan fingerprint density at radius 3 is 2.29 bits per heavy atom. The number of hydrogen-bond acceptors (Lipinski definition) is 5. The molecular formula is C22H38IN5O3. The van der Waals surface area contributed by atoms with E-state index in [9.17, 15) is 4.79 Å². The number of ether oxygens (including phenoxy) is 2. The van der Waals surface area contributed by atoms with Crippen LogP contribution in [0.4, 0.5) is 0 Å².